The van der Waals surface area contributed by atoms with E-state index in [4.69, 9.17) is 14.2 Å². The number of amides is 2. The highest BCUT2D eigenvalue weighted by Gasteiger charge is 2.22. The minimum atomic E-state index is -0.0646. The number of piperazine rings is 1. The molecular formula is C22H27N3O4. The van der Waals surface area contributed by atoms with E-state index in [2.05, 4.69) is 16.3 Å². The Labute approximate surface area is 171 Å². The minimum absolute atomic E-state index is 0.0646. The van der Waals surface area contributed by atoms with Crippen molar-refractivity contribution >= 4 is 11.7 Å². The molecule has 29 heavy (non-hydrogen) atoms. The summed E-state index contributed by atoms with van der Waals surface area (Å²) in [5, 5.41) is 2.97. The number of carbonyl (C=O) groups is 1. The molecule has 0 saturated carbocycles. The molecule has 0 bridgehead atoms. The van der Waals surface area contributed by atoms with Gasteiger partial charge in [0.2, 0.25) is 6.79 Å². The lowest BCUT2D eigenvalue weighted by molar-refractivity contribution is 0.143. The molecule has 0 atom stereocenters. The molecule has 1 N–H and O–H groups in total. The molecule has 0 aromatic heterocycles. The molecule has 2 aromatic carbocycles. The number of hydrogen-bond donors (Lipinski definition) is 1. The van der Waals surface area contributed by atoms with Crippen molar-refractivity contribution in [3.05, 3.63) is 48.0 Å². The van der Waals surface area contributed by atoms with E-state index in [0.29, 0.717) is 19.9 Å². The van der Waals surface area contributed by atoms with E-state index in [1.807, 2.05) is 55.1 Å². The Hall–Kier alpha value is -2.93. The largest absolute Gasteiger partial charge is 0.491 e. The number of rotatable bonds is 5. The van der Waals surface area contributed by atoms with Gasteiger partial charge in [-0.15, -0.1) is 0 Å². The number of nitrogens with zero attached hydrogens (tertiary/aromatic N) is 2. The van der Waals surface area contributed by atoms with Crippen molar-refractivity contribution < 1.29 is 19.0 Å². The normalized spacial score (nSPS) is 16.2. The third-order valence-electron chi connectivity index (χ3n) is 4.98. The lowest BCUT2D eigenvalue weighted by Crippen LogP contribution is -2.49. The summed E-state index contributed by atoms with van der Waals surface area (Å²) < 4.78 is 16.4. The number of hydrogen-bond acceptors (Lipinski definition) is 5. The Bertz CT molecular complexity index is 846. The molecule has 2 aliphatic heterocycles. The molecule has 1 fully saturated rings. The predicted molar refractivity (Wildman–Crippen MR) is 111 cm³/mol. The number of ether oxygens (including phenoxy) is 3. The van der Waals surface area contributed by atoms with Gasteiger partial charge in [0.05, 0.1) is 6.10 Å². The molecule has 2 amide bonds. The fraction of sp³-hybridized carbons (Fsp3) is 0.409. The van der Waals surface area contributed by atoms with E-state index in [1.165, 1.54) is 5.56 Å². The first kappa shape index (κ1) is 19.4. The average molecular weight is 397 g/mol. The van der Waals surface area contributed by atoms with E-state index in [0.717, 1.165) is 42.6 Å². The van der Waals surface area contributed by atoms with E-state index < -0.39 is 0 Å². The van der Waals surface area contributed by atoms with Gasteiger partial charge in [0, 0.05) is 38.4 Å². The maximum Gasteiger partial charge on any atom is 0.321 e. The first-order chi connectivity index (χ1) is 14.1. The number of benzene rings is 2. The van der Waals surface area contributed by atoms with Gasteiger partial charge in [-0.25, -0.2) is 4.79 Å². The van der Waals surface area contributed by atoms with Gasteiger partial charge in [0.1, 0.15) is 5.75 Å². The number of fused-ring (bicyclic) bond motifs is 1. The SMILES string of the molecule is CC(C)Oc1ccc(NC(=O)N2CCN(Cc3ccc4c(c3)OCO4)CC2)cc1. The van der Waals surface area contributed by atoms with Gasteiger partial charge in [-0.1, -0.05) is 6.07 Å². The second-order valence-electron chi connectivity index (χ2n) is 7.57. The van der Waals surface area contributed by atoms with Crippen LogP contribution in [0, 0.1) is 0 Å². The van der Waals surface area contributed by atoms with Crippen molar-refractivity contribution in [2.75, 3.05) is 38.3 Å². The molecule has 7 heteroatoms. The monoisotopic (exact) mass is 397 g/mol. The third-order valence-corrected chi connectivity index (χ3v) is 4.98. The summed E-state index contributed by atoms with van der Waals surface area (Å²) >= 11 is 0. The van der Waals surface area contributed by atoms with E-state index in [-0.39, 0.29) is 12.1 Å². The van der Waals surface area contributed by atoms with Gasteiger partial charge < -0.3 is 24.4 Å². The molecule has 4 rings (SSSR count). The number of carbonyl (C=O) groups excluding carboxylic acids is 1. The van der Waals surface area contributed by atoms with Gasteiger partial charge in [0.25, 0.3) is 0 Å². The molecular weight excluding hydrogens is 370 g/mol. The maximum atomic E-state index is 12.6. The van der Waals surface area contributed by atoms with Crippen molar-refractivity contribution in [3.8, 4) is 17.2 Å². The van der Waals surface area contributed by atoms with Gasteiger partial charge in [-0.2, -0.15) is 0 Å². The lowest BCUT2D eigenvalue weighted by atomic mass is 10.1. The highest BCUT2D eigenvalue weighted by molar-refractivity contribution is 5.89. The molecule has 7 nitrogen and oxygen atoms in total. The summed E-state index contributed by atoms with van der Waals surface area (Å²) in [5.41, 5.74) is 1.96. The van der Waals surface area contributed by atoms with Crippen molar-refractivity contribution in [1.82, 2.24) is 9.80 Å². The molecule has 0 radical (unpaired) electrons. The Morgan fingerprint density at radius 2 is 1.76 bits per heavy atom. The molecule has 2 aromatic rings. The average Bonchev–Trinajstić information content (AvgIpc) is 3.17. The van der Waals surface area contributed by atoms with E-state index in [1.54, 1.807) is 0 Å². The van der Waals surface area contributed by atoms with Crippen LogP contribution in [0.25, 0.3) is 0 Å². The molecule has 0 spiro atoms. The highest BCUT2D eigenvalue weighted by atomic mass is 16.7. The van der Waals surface area contributed by atoms with E-state index in [9.17, 15) is 4.79 Å². The van der Waals surface area contributed by atoms with Crippen molar-refractivity contribution in [1.29, 1.82) is 0 Å². The predicted octanol–water partition coefficient (Wildman–Crippen LogP) is 3.55. The molecule has 0 unspecified atom stereocenters. The number of urea groups is 1. The molecule has 154 valence electrons. The molecule has 2 heterocycles. The first-order valence-electron chi connectivity index (χ1n) is 10.0. The molecule has 2 aliphatic rings. The Kier molecular flexibility index (Phi) is 5.76. The lowest BCUT2D eigenvalue weighted by Gasteiger charge is -2.34. The fourth-order valence-electron chi connectivity index (χ4n) is 3.50. The summed E-state index contributed by atoms with van der Waals surface area (Å²) in [6.45, 7) is 8.18. The van der Waals surface area contributed by atoms with Crippen LogP contribution in [0.5, 0.6) is 17.2 Å². The Morgan fingerprint density at radius 1 is 1.03 bits per heavy atom. The van der Waals surface area contributed by atoms with Crippen LogP contribution in [-0.2, 0) is 6.54 Å². The summed E-state index contributed by atoms with van der Waals surface area (Å²) in [4.78, 5) is 16.8. The van der Waals surface area contributed by atoms with Gasteiger partial charge in [-0.05, 0) is 55.8 Å². The summed E-state index contributed by atoms with van der Waals surface area (Å²) in [7, 11) is 0. The van der Waals surface area contributed by atoms with Crippen LogP contribution in [0.15, 0.2) is 42.5 Å². The first-order valence-corrected chi connectivity index (χ1v) is 10.0. The topological polar surface area (TPSA) is 63.3 Å². The summed E-state index contributed by atoms with van der Waals surface area (Å²) in [5.74, 6) is 2.42. The van der Waals surface area contributed by atoms with Crippen LogP contribution in [0.4, 0.5) is 10.5 Å². The Morgan fingerprint density at radius 3 is 2.48 bits per heavy atom. The van der Waals surface area contributed by atoms with E-state index >= 15 is 0 Å². The van der Waals surface area contributed by atoms with Gasteiger partial charge in [-0.3, -0.25) is 4.90 Å². The van der Waals surface area contributed by atoms with Gasteiger partial charge in [0.15, 0.2) is 11.5 Å². The zero-order valence-electron chi connectivity index (χ0n) is 16.9. The smallest absolute Gasteiger partial charge is 0.321 e. The van der Waals surface area contributed by atoms with Crippen LogP contribution < -0.4 is 19.5 Å². The van der Waals surface area contributed by atoms with Crippen molar-refractivity contribution in [2.24, 2.45) is 0 Å². The zero-order chi connectivity index (χ0) is 20.2. The quantitative estimate of drug-likeness (QED) is 0.836. The van der Waals surface area contributed by atoms with Crippen molar-refractivity contribution in [2.45, 2.75) is 26.5 Å². The maximum absolute atomic E-state index is 12.6. The van der Waals surface area contributed by atoms with Crippen molar-refractivity contribution in [3.63, 3.8) is 0 Å². The number of anilines is 1. The molecule has 0 aliphatic carbocycles. The highest BCUT2D eigenvalue weighted by Crippen LogP contribution is 2.32. The van der Waals surface area contributed by atoms with Crippen LogP contribution in [0.2, 0.25) is 0 Å². The fourth-order valence-corrected chi connectivity index (χ4v) is 3.50. The minimum Gasteiger partial charge on any atom is -0.491 e. The zero-order valence-corrected chi connectivity index (χ0v) is 16.9. The number of nitrogens with one attached hydrogen (secondary N) is 1. The summed E-state index contributed by atoms with van der Waals surface area (Å²) in [6.07, 6.45) is 0.129. The van der Waals surface area contributed by atoms with Crippen LogP contribution in [-0.4, -0.2) is 54.9 Å². The van der Waals surface area contributed by atoms with Crippen LogP contribution in [0.1, 0.15) is 19.4 Å². The van der Waals surface area contributed by atoms with Crippen LogP contribution in [0.3, 0.4) is 0 Å². The second-order valence-corrected chi connectivity index (χ2v) is 7.57. The van der Waals surface area contributed by atoms with Gasteiger partial charge >= 0.3 is 6.03 Å². The Balaban J connectivity index is 1.25. The molecule has 1 saturated heterocycles. The summed E-state index contributed by atoms with van der Waals surface area (Å²) in [6, 6.07) is 13.5. The van der Waals surface area contributed by atoms with Crippen LogP contribution >= 0.6 is 0 Å². The second kappa shape index (κ2) is 8.61. The standard InChI is InChI=1S/C22H27N3O4/c1-16(2)29-19-6-4-18(5-7-19)23-22(26)25-11-9-24(10-12-25)14-17-3-8-20-21(13-17)28-15-27-20/h3-8,13,16H,9-12,14-15H2,1-2H3,(H,23,26). The third kappa shape index (κ3) is 4.92.